The first-order chi connectivity index (χ1) is 11.5. The monoisotopic (exact) mass is 326 g/mol. The Bertz CT molecular complexity index is 757. The molecule has 6 nitrogen and oxygen atoms in total. The molecule has 1 saturated carbocycles. The van der Waals surface area contributed by atoms with E-state index in [1.807, 2.05) is 6.07 Å². The minimum Gasteiger partial charge on any atom is -0.469 e. The first-order valence-electron chi connectivity index (χ1n) is 7.81. The van der Waals surface area contributed by atoms with Crippen LogP contribution in [0.15, 0.2) is 48.5 Å². The molecule has 2 aromatic carbocycles. The maximum atomic E-state index is 12.5. The lowest BCUT2D eigenvalue weighted by molar-refractivity contribution is -0.386. The molecule has 6 heteroatoms. The summed E-state index contributed by atoms with van der Waals surface area (Å²) in [5, 5.41) is 14.2. The lowest BCUT2D eigenvalue weighted by Crippen LogP contribution is -2.34. The van der Waals surface area contributed by atoms with Gasteiger partial charge >= 0.3 is 5.69 Å². The van der Waals surface area contributed by atoms with E-state index < -0.39 is 11.0 Å². The highest BCUT2D eigenvalue weighted by atomic mass is 16.6. The number of hydrogen-bond acceptors (Lipinski definition) is 4. The fourth-order valence-electron chi connectivity index (χ4n) is 2.40. The highest BCUT2D eigenvalue weighted by Crippen LogP contribution is 2.32. The third-order valence-corrected chi connectivity index (χ3v) is 3.82. The van der Waals surface area contributed by atoms with E-state index in [1.54, 1.807) is 37.3 Å². The summed E-state index contributed by atoms with van der Waals surface area (Å²) in [7, 11) is 0. The van der Waals surface area contributed by atoms with Gasteiger partial charge in [-0.1, -0.05) is 36.4 Å². The number of amides is 1. The van der Waals surface area contributed by atoms with E-state index in [-0.39, 0.29) is 23.4 Å². The molecule has 1 N–H and O–H groups in total. The Kier molecular flexibility index (Phi) is 4.46. The average Bonchev–Trinajstić information content (AvgIpc) is 3.38. The summed E-state index contributed by atoms with van der Waals surface area (Å²) in [4.78, 5) is 23.3. The molecule has 24 heavy (non-hydrogen) atoms. The van der Waals surface area contributed by atoms with Gasteiger partial charge < -0.3 is 10.1 Å². The Labute approximate surface area is 139 Å². The molecule has 2 aromatic rings. The van der Waals surface area contributed by atoms with Crippen molar-refractivity contribution in [2.24, 2.45) is 0 Å². The number of nitro benzene ring substituents is 1. The number of rotatable bonds is 6. The first-order valence-corrected chi connectivity index (χ1v) is 7.81. The molecular formula is C18H18N2O4. The van der Waals surface area contributed by atoms with Crippen LogP contribution in [0.4, 0.5) is 5.69 Å². The van der Waals surface area contributed by atoms with E-state index in [9.17, 15) is 14.9 Å². The normalized spacial score (nSPS) is 14.7. The standard InChI is InChI=1S/C18H18N2O4/c1-12-7-10-16(15(11-12)20(22)23)24-17(13-5-3-2-4-6-13)18(21)19-14-8-9-14/h2-7,10-11,14,17H,8-9H2,1H3,(H,19,21)/t17-/m1/s1. The molecule has 1 aliphatic rings. The predicted octanol–water partition coefficient (Wildman–Crippen LogP) is 3.30. The highest BCUT2D eigenvalue weighted by molar-refractivity contribution is 5.83. The summed E-state index contributed by atoms with van der Waals surface area (Å²) in [6.45, 7) is 1.77. The van der Waals surface area contributed by atoms with Gasteiger partial charge in [0.25, 0.3) is 5.91 Å². The second kappa shape index (κ2) is 6.70. The minimum atomic E-state index is -0.923. The van der Waals surface area contributed by atoms with Crippen LogP contribution in [0, 0.1) is 17.0 Å². The van der Waals surface area contributed by atoms with E-state index in [0.29, 0.717) is 5.56 Å². The van der Waals surface area contributed by atoms with E-state index in [2.05, 4.69) is 5.32 Å². The number of hydrogen-bond donors (Lipinski definition) is 1. The molecule has 0 saturated heterocycles. The van der Waals surface area contributed by atoms with E-state index >= 15 is 0 Å². The van der Waals surface area contributed by atoms with Crippen LogP contribution in [-0.2, 0) is 4.79 Å². The molecule has 0 heterocycles. The van der Waals surface area contributed by atoms with E-state index in [4.69, 9.17) is 4.74 Å². The van der Waals surface area contributed by atoms with Crippen LogP contribution in [0.1, 0.15) is 30.1 Å². The Morgan fingerprint density at radius 2 is 1.96 bits per heavy atom. The third kappa shape index (κ3) is 3.71. The van der Waals surface area contributed by atoms with Crippen molar-refractivity contribution in [1.29, 1.82) is 0 Å². The topological polar surface area (TPSA) is 81.5 Å². The van der Waals surface area contributed by atoms with Crippen LogP contribution in [-0.4, -0.2) is 16.9 Å². The summed E-state index contributed by atoms with van der Waals surface area (Å²) >= 11 is 0. The number of nitrogens with one attached hydrogen (secondary N) is 1. The lowest BCUT2D eigenvalue weighted by atomic mass is 10.1. The Balaban J connectivity index is 1.92. The van der Waals surface area contributed by atoms with Crippen molar-refractivity contribution in [3.8, 4) is 5.75 Å². The minimum absolute atomic E-state index is 0.0883. The largest absolute Gasteiger partial charge is 0.469 e. The zero-order chi connectivity index (χ0) is 17.1. The number of nitro groups is 1. The van der Waals surface area contributed by atoms with Crippen LogP contribution in [0.5, 0.6) is 5.75 Å². The van der Waals surface area contributed by atoms with E-state index in [0.717, 1.165) is 18.4 Å². The van der Waals surface area contributed by atoms with Crippen molar-refractivity contribution in [3.05, 3.63) is 69.8 Å². The quantitative estimate of drug-likeness (QED) is 0.652. The number of carbonyl (C=O) groups is 1. The number of benzene rings is 2. The van der Waals surface area contributed by atoms with Crippen molar-refractivity contribution < 1.29 is 14.5 Å². The smallest absolute Gasteiger partial charge is 0.311 e. The number of carbonyl (C=O) groups excluding carboxylic acids is 1. The summed E-state index contributed by atoms with van der Waals surface area (Å²) in [6, 6.07) is 13.9. The summed E-state index contributed by atoms with van der Waals surface area (Å²) in [5.41, 5.74) is 1.27. The Morgan fingerprint density at radius 3 is 2.58 bits per heavy atom. The summed E-state index contributed by atoms with van der Waals surface area (Å²) in [6.07, 6.45) is 0.990. The number of ether oxygens (including phenoxy) is 1. The molecule has 0 aliphatic heterocycles. The summed E-state index contributed by atoms with van der Waals surface area (Å²) < 4.78 is 5.78. The van der Waals surface area contributed by atoms with Gasteiger partial charge in [0.05, 0.1) is 4.92 Å². The summed E-state index contributed by atoms with van der Waals surface area (Å²) in [5.74, 6) is -0.191. The van der Waals surface area contributed by atoms with Crippen LogP contribution < -0.4 is 10.1 Å². The molecule has 0 bridgehead atoms. The van der Waals surface area contributed by atoms with Gasteiger partial charge in [0.15, 0.2) is 5.75 Å². The van der Waals surface area contributed by atoms with E-state index in [1.165, 1.54) is 12.1 Å². The fourth-order valence-corrected chi connectivity index (χ4v) is 2.40. The molecule has 3 rings (SSSR count). The van der Waals surface area contributed by atoms with Crippen molar-refractivity contribution >= 4 is 11.6 Å². The van der Waals surface area contributed by atoms with Crippen LogP contribution >= 0.6 is 0 Å². The molecule has 1 amide bonds. The number of aryl methyl sites for hydroxylation is 1. The molecular weight excluding hydrogens is 308 g/mol. The molecule has 0 spiro atoms. The molecule has 0 aromatic heterocycles. The van der Waals surface area contributed by atoms with Crippen LogP contribution in [0.3, 0.4) is 0 Å². The highest BCUT2D eigenvalue weighted by Gasteiger charge is 2.31. The van der Waals surface area contributed by atoms with Gasteiger partial charge in [-0.05, 0) is 31.4 Å². The predicted molar refractivity (Wildman–Crippen MR) is 88.8 cm³/mol. The van der Waals surface area contributed by atoms with Crippen molar-refractivity contribution in [2.45, 2.75) is 31.9 Å². The second-order valence-electron chi connectivity index (χ2n) is 5.92. The van der Waals surface area contributed by atoms with Gasteiger partial charge in [-0.2, -0.15) is 0 Å². The number of nitrogens with zero attached hydrogens (tertiary/aromatic N) is 1. The SMILES string of the molecule is Cc1ccc(O[C@@H](C(=O)NC2CC2)c2ccccc2)c([N+](=O)[O-])c1. The van der Waals surface area contributed by atoms with Gasteiger partial charge in [0.2, 0.25) is 6.10 Å². The zero-order valence-electron chi connectivity index (χ0n) is 13.3. The van der Waals surface area contributed by atoms with Crippen molar-refractivity contribution in [2.75, 3.05) is 0 Å². The van der Waals surface area contributed by atoms with Gasteiger partial charge in [-0.25, -0.2) is 0 Å². The molecule has 0 radical (unpaired) electrons. The third-order valence-electron chi connectivity index (χ3n) is 3.82. The molecule has 1 fully saturated rings. The average molecular weight is 326 g/mol. The maximum absolute atomic E-state index is 12.5. The molecule has 0 unspecified atom stereocenters. The van der Waals surface area contributed by atoms with Gasteiger partial charge in [-0.15, -0.1) is 0 Å². The molecule has 124 valence electrons. The second-order valence-corrected chi connectivity index (χ2v) is 5.92. The van der Waals surface area contributed by atoms with Gasteiger partial charge in [0.1, 0.15) is 0 Å². The van der Waals surface area contributed by atoms with Crippen LogP contribution in [0.2, 0.25) is 0 Å². The zero-order valence-corrected chi connectivity index (χ0v) is 13.3. The first kappa shape index (κ1) is 16.0. The van der Waals surface area contributed by atoms with Gasteiger partial charge in [0, 0.05) is 17.7 Å². The fraction of sp³-hybridized carbons (Fsp3) is 0.278. The molecule has 1 atom stereocenters. The lowest BCUT2D eigenvalue weighted by Gasteiger charge is -2.19. The van der Waals surface area contributed by atoms with Gasteiger partial charge in [-0.3, -0.25) is 14.9 Å². The maximum Gasteiger partial charge on any atom is 0.311 e. The Morgan fingerprint density at radius 1 is 1.25 bits per heavy atom. The Hall–Kier alpha value is -2.89. The van der Waals surface area contributed by atoms with Crippen molar-refractivity contribution in [3.63, 3.8) is 0 Å². The van der Waals surface area contributed by atoms with Crippen LogP contribution in [0.25, 0.3) is 0 Å². The molecule has 1 aliphatic carbocycles. The van der Waals surface area contributed by atoms with Crippen molar-refractivity contribution in [1.82, 2.24) is 5.32 Å².